The molecule has 0 bridgehead atoms. The Kier molecular flexibility index (Phi) is 7.00. The Bertz CT molecular complexity index is 1120. The minimum atomic E-state index is -0.361. The molecule has 0 aliphatic heterocycles. The number of rotatable bonds is 7. The number of para-hydroxylation sites is 1. The van der Waals surface area contributed by atoms with Gasteiger partial charge in [-0.3, -0.25) is 4.79 Å². The number of anilines is 1. The van der Waals surface area contributed by atoms with Gasteiger partial charge < -0.3 is 14.6 Å². The molecule has 1 atom stereocenters. The molecule has 30 heavy (non-hydrogen) atoms. The van der Waals surface area contributed by atoms with Gasteiger partial charge in [0.2, 0.25) is 0 Å². The largest absolute Gasteiger partial charge is 0.423 e. The van der Waals surface area contributed by atoms with Gasteiger partial charge in [-0.15, -0.1) is 11.8 Å². The van der Waals surface area contributed by atoms with Crippen molar-refractivity contribution in [2.24, 2.45) is 0 Å². The predicted octanol–water partition coefficient (Wildman–Crippen LogP) is 3.60. The number of hydrogen-bond donors (Lipinski definition) is 2. The van der Waals surface area contributed by atoms with Crippen molar-refractivity contribution in [3.63, 3.8) is 0 Å². The van der Waals surface area contributed by atoms with Crippen LogP contribution >= 0.6 is 11.8 Å². The molecule has 3 rings (SSSR count). The summed E-state index contributed by atoms with van der Waals surface area (Å²) in [7, 11) is 1.96. The third-order valence-corrected chi connectivity index (χ3v) is 5.97. The van der Waals surface area contributed by atoms with E-state index in [0.29, 0.717) is 24.6 Å². The summed E-state index contributed by atoms with van der Waals surface area (Å²) in [6.07, 6.45) is 1.99. The van der Waals surface area contributed by atoms with Crippen LogP contribution in [0.15, 0.2) is 56.6 Å². The van der Waals surface area contributed by atoms with Crippen LogP contribution in [0.25, 0.3) is 11.0 Å². The first kappa shape index (κ1) is 22.1. The molecule has 2 N–H and O–H groups in total. The maximum Gasteiger partial charge on any atom is 0.336 e. The van der Waals surface area contributed by atoms with Crippen molar-refractivity contribution in [2.45, 2.75) is 38.1 Å². The van der Waals surface area contributed by atoms with E-state index in [1.165, 1.54) is 5.56 Å². The highest BCUT2D eigenvalue weighted by atomic mass is 32.2. The molecule has 1 amide bonds. The number of fused-ring (bicyclic) bond motifs is 1. The highest BCUT2D eigenvalue weighted by Crippen LogP contribution is 2.27. The SMILES string of the molecule is CSc1ccccc1NC(=O)C[NH+](C)Cc1cc(=O)oc2cc(C)c(C(C)C)cc12. The van der Waals surface area contributed by atoms with E-state index in [9.17, 15) is 9.59 Å². The van der Waals surface area contributed by atoms with Crippen molar-refractivity contribution in [3.05, 3.63) is 69.6 Å². The number of aryl methyl sites for hydroxylation is 1. The van der Waals surface area contributed by atoms with E-state index in [4.69, 9.17) is 4.42 Å². The summed E-state index contributed by atoms with van der Waals surface area (Å²) >= 11 is 1.60. The Hall–Kier alpha value is -2.57. The lowest BCUT2D eigenvalue weighted by Crippen LogP contribution is -3.08. The third kappa shape index (κ3) is 5.12. The Morgan fingerprint density at radius 3 is 2.63 bits per heavy atom. The van der Waals surface area contributed by atoms with Gasteiger partial charge in [-0.25, -0.2) is 4.79 Å². The number of carbonyl (C=O) groups excluding carboxylic acids is 1. The van der Waals surface area contributed by atoms with Crippen LogP contribution in [0.4, 0.5) is 5.69 Å². The first-order chi connectivity index (χ1) is 14.3. The molecule has 1 aromatic heterocycles. The van der Waals surface area contributed by atoms with Crippen LogP contribution in [0.3, 0.4) is 0 Å². The lowest BCUT2D eigenvalue weighted by atomic mass is 9.95. The molecule has 0 spiro atoms. The van der Waals surface area contributed by atoms with Gasteiger partial charge in [-0.05, 0) is 54.5 Å². The topological polar surface area (TPSA) is 63.8 Å². The van der Waals surface area contributed by atoms with Crippen LogP contribution in [0.1, 0.15) is 36.5 Å². The maximum atomic E-state index is 12.6. The normalized spacial score (nSPS) is 12.3. The van der Waals surface area contributed by atoms with E-state index < -0.39 is 0 Å². The van der Waals surface area contributed by atoms with Crippen LogP contribution in [0, 0.1) is 6.92 Å². The number of nitrogens with one attached hydrogen (secondary N) is 2. The van der Waals surface area contributed by atoms with Crippen molar-refractivity contribution in [1.29, 1.82) is 0 Å². The molecular weight excluding hydrogens is 396 g/mol. The molecule has 0 aliphatic carbocycles. The van der Waals surface area contributed by atoms with E-state index in [0.717, 1.165) is 32.0 Å². The number of thioether (sulfide) groups is 1. The molecule has 0 radical (unpaired) electrons. The van der Waals surface area contributed by atoms with Gasteiger partial charge >= 0.3 is 5.63 Å². The fourth-order valence-corrected chi connectivity index (χ4v) is 4.32. The van der Waals surface area contributed by atoms with E-state index in [1.807, 2.05) is 50.6 Å². The summed E-state index contributed by atoms with van der Waals surface area (Å²) in [6, 6.07) is 13.4. The monoisotopic (exact) mass is 425 g/mol. The summed E-state index contributed by atoms with van der Waals surface area (Å²) in [5.74, 6) is 0.321. The second-order valence-corrected chi connectivity index (χ2v) is 8.86. The van der Waals surface area contributed by atoms with Gasteiger partial charge in [0, 0.05) is 21.9 Å². The quantitative estimate of drug-likeness (QED) is 0.448. The molecule has 0 fully saturated rings. The highest BCUT2D eigenvalue weighted by molar-refractivity contribution is 7.98. The van der Waals surface area contributed by atoms with Crippen molar-refractivity contribution < 1.29 is 14.1 Å². The standard InChI is InChI=1S/C24H28N2O3S/c1-15(2)18-12-19-17(11-24(28)29-21(19)10-16(18)3)13-26(4)14-23(27)25-20-8-6-7-9-22(20)30-5/h6-12,15H,13-14H2,1-5H3,(H,25,27)/p+1. The molecule has 2 aromatic carbocycles. The van der Waals surface area contributed by atoms with E-state index in [1.54, 1.807) is 17.8 Å². The number of likely N-dealkylation sites (N-methyl/N-ethyl adjacent to an activating group) is 1. The van der Waals surface area contributed by atoms with Crippen LogP contribution < -0.4 is 15.8 Å². The molecule has 1 heterocycles. The Labute approximate surface area is 181 Å². The van der Waals surface area contributed by atoms with Crippen LogP contribution in [-0.4, -0.2) is 25.8 Å². The zero-order chi connectivity index (χ0) is 21.8. The minimum Gasteiger partial charge on any atom is -0.423 e. The van der Waals surface area contributed by atoms with Gasteiger partial charge in [-0.1, -0.05) is 26.0 Å². The summed E-state index contributed by atoms with van der Waals surface area (Å²) in [6.45, 7) is 7.20. The number of amides is 1. The Morgan fingerprint density at radius 1 is 1.20 bits per heavy atom. The van der Waals surface area contributed by atoms with Crippen molar-refractivity contribution >= 4 is 34.3 Å². The van der Waals surface area contributed by atoms with Crippen LogP contribution in [0.5, 0.6) is 0 Å². The van der Waals surface area contributed by atoms with Gasteiger partial charge in [0.05, 0.1) is 12.7 Å². The van der Waals surface area contributed by atoms with Crippen LogP contribution in [-0.2, 0) is 11.3 Å². The molecule has 0 saturated heterocycles. The lowest BCUT2D eigenvalue weighted by molar-refractivity contribution is -0.885. The zero-order valence-corrected chi connectivity index (χ0v) is 19.0. The summed E-state index contributed by atoms with van der Waals surface area (Å²) in [5.41, 5.74) is 4.32. The Balaban J connectivity index is 1.80. The van der Waals surface area contributed by atoms with Gasteiger partial charge in [0.15, 0.2) is 6.54 Å². The van der Waals surface area contributed by atoms with Crippen molar-refractivity contribution in [3.8, 4) is 0 Å². The first-order valence-corrected chi connectivity index (χ1v) is 11.3. The molecule has 6 heteroatoms. The molecule has 158 valence electrons. The molecule has 1 unspecified atom stereocenters. The maximum absolute atomic E-state index is 12.6. The second kappa shape index (κ2) is 9.49. The smallest absolute Gasteiger partial charge is 0.336 e. The second-order valence-electron chi connectivity index (χ2n) is 8.01. The van der Waals surface area contributed by atoms with Crippen molar-refractivity contribution in [1.82, 2.24) is 0 Å². The number of benzene rings is 2. The number of quaternary nitrogens is 1. The molecule has 3 aromatic rings. The zero-order valence-electron chi connectivity index (χ0n) is 18.2. The molecule has 0 saturated carbocycles. The third-order valence-electron chi connectivity index (χ3n) is 5.17. The predicted molar refractivity (Wildman–Crippen MR) is 124 cm³/mol. The summed E-state index contributed by atoms with van der Waals surface area (Å²) < 4.78 is 5.44. The average molecular weight is 426 g/mol. The highest BCUT2D eigenvalue weighted by Gasteiger charge is 2.17. The average Bonchev–Trinajstić information content (AvgIpc) is 2.67. The fourth-order valence-electron chi connectivity index (χ4n) is 3.76. The number of carbonyl (C=O) groups is 1. The lowest BCUT2D eigenvalue weighted by Gasteiger charge is -2.17. The summed E-state index contributed by atoms with van der Waals surface area (Å²) in [4.78, 5) is 26.7. The summed E-state index contributed by atoms with van der Waals surface area (Å²) in [5, 5.41) is 3.94. The first-order valence-electron chi connectivity index (χ1n) is 10.1. The van der Waals surface area contributed by atoms with Crippen LogP contribution in [0.2, 0.25) is 0 Å². The van der Waals surface area contributed by atoms with E-state index >= 15 is 0 Å². The molecular formula is C24H29N2O3S+. The number of hydrogen-bond acceptors (Lipinski definition) is 4. The molecule has 0 aliphatic rings. The van der Waals surface area contributed by atoms with Crippen molar-refractivity contribution in [2.75, 3.05) is 25.2 Å². The van der Waals surface area contributed by atoms with E-state index in [-0.39, 0.29) is 11.5 Å². The minimum absolute atomic E-state index is 0.0556. The Morgan fingerprint density at radius 2 is 1.93 bits per heavy atom. The van der Waals surface area contributed by atoms with Gasteiger partial charge in [-0.2, -0.15) is 0 Å². The van der Waals surface area contributed by atoms with Gasteiger partial charge in [0.25, 0.3) is 5.91 Å². The fraction of sp³-hybridized carbons (Fsp3) is 0.333. The van der Waals surface area contributed by atoms with E-state index in [2.05, 4.69) is 25.2 Å². The molecule has 5 nitrogen and oxygen atoms in total. The van der Waals surface area contributed by atoms with Gasteiger partial charge in [0.1, 0.15) is 12.1 Å².